The Morgan fingerprint density at radius 1 is 1.48 bits per heavy atom. The van der Waals surface area contributed by atoms with Crippen LogP contribution in [-0.4, -0.2) is 36.7 Å². The monoisotopic (exact) mass is 424 g/mol. The van der Waals surface area contributed by atoms with Crippen molar-refractivity contribution in [3.63, 3.8) is 0 Å². The highest BCUT2D eigenvalue weighted by molar-refractivity contribution is 14.0. The predicted octanol–water partition coefficient (Wildman–Crippen LogP) is 2.59. The molecular formula is C14H22ClIN4O. The summed E-state index contributed by atoms with van der Waals surface area (Å²) in [6.45, 7) is 4.39. The zero-order valence-corrected chi connectivity index (χ0v) is 15.4. The third kappa shape index (κ3) is 5.96. The Morgan fingerprint density at radius 2 is 2.29 bits per heavy atom. The SMILES string of the molecule is CN=C(NCc1ccc(Cl)nc1)NCC1(C)CCCO1.I. The van der Waals surface area contributed by atoms with Gasteiger partial charge in [-0.05, 0) is 31.4 Å². The van der Waals surface area contributed by atoms with Crippen molar-refractivity contribution in [1.29, 1.82) is 0 Å². The van der Waals surface area contributed by atoms with Crippen molar-refractivity contribution >= 4 is 41.5 Å². The Hall–Kier alpha value is -0.600. The van der Waals surface area contributed by atoms with Crippen LogP contribution >= 0.6 is 35.6 Å². The summed E-state index contributed by atoms with van der Waals surface area (Å²) in [6.07, 6.45) is 3.96. The van der Waals surface area contributed by atoms with Crippen LogP contribution in [0.15, 0.2) is 23.3 Å². The average Bonchev–Trinajstić information content (AvgIpc) is 2.88. The molecule has 118 valence electrons. The van der Waals surface area contributed by atoms with Crippen LogP contribution in [0.5, 0.6) is 0 Å². The zero-order valence-electron chi connectivity index (χ0n) is 12.4. The first kappa shape index (κ1) is 18.4. The summed E-state index contributed by atoms with van der Waals surface area (Å²) in [5.41, 5.74) is 0.972. The molecule has 2 rings (SSSR count). The van der Waals surface area contributed by atoms with Crippen LogP contribution in [-0.2, 0) is 11.3 Å². The summed E-state index contributed by atoms with van der Waals surface area (Å²) in [6, 6.07) is 3.72. The number of nitrogens with zero attached hydrogens (tertiary/aromatic N) is 2. The first-order valence-corrected chi connectivity index (χ1v) is 7.18. The summed E-state index contributed by atoms with van der Waals surface area (Å²) in [5.74, 6) is 0.761. The molecule has 1 saturated heterocycles. The van der Waals surface area contributed by atoms with Crippen molar-refractivity contribution in [1.82, 2.24) is 15.6 Å². The van der Waals surface area contributed by atoms with Crippen LogP contribution < -0.4 is 10.6 Å². The maximum Gasteiger partial charge on any atom is 0.191 e. The van der Waals surface area contributed by atoms with Gasteiger partial charge in [0.2, 0.25) is 0 Å². The molecule has 1 aliphatic heterocycles. The second kappa shape index (κ2) is 8.75. The van der Waals surface area contributed by atoms with Crippen LogP contribution in [0.3, 0.4) is 0 Å². The Balaban J connectivity index is 0.00000220. The molecule has 2 heterocycles. The third-order valence-corrected chi connectivity index (χ3v) is 3.63. The minimum absolute atomic E-state index is 0. The Kier molecular flexibility index (Phi) is 7.69. The molecule has 0 aliphatic carbocycles. The highest BCUT2D eigenvalue weighted by atomic mass is 127. The van der Waals surface area contributed by atoms with Crippen LogP contribution in [0.1, 0.15) is 25.3 Å². The quantitative estimate of drug-likeness (QED) is 0.338. The zero-order chi connectivity index (χ0) is 14.4. The molecule has 1 aliphatic rings. The Labute approximate surface area is 147 Å². The van der Waals surface area contributed by atoms with E-state index in [2.05, 4.69) is 27.5 Å². The molecule has 0 bridgehead atoms. The van der Waals surface area contributed by atoms with E-state index in [4.69, 9.17) is 16.3 Å². The van der Waals surface area contributed by atoms with Gasteiger partial charge in [0.15, 0.2) is 5.96 Å². The number of hydrogen-bond donors (Lipinski definition) is 2. The molecule has 5 nitrogen and oxygen atoms in total. The number of aromatic nitrogens is 1. The lowest BCUT2D eigenvalue weighted by molar-refractivity contribution is 0.0243. The van der Waals surface area contributed by atoms with Crippen LogP contribution in [0.2, 0.25) is 5.15 Å². The molecule has 2 N–H and O–H groups in total. The smallest absolute Gasteiger partial charge is 0.191 e. The molecule has 1 unspecified atom stereocenters. The molecule has 0 aromatic carbocycles. The number of rotatable bonds is 4. The average molecular weight is 425 g/mol. The van der Waals surface area contributed by atoms with Gasteiger partial charge in [-0.1, -0.05) is 17.7 Å². The molecule has 0 radical (unpaired) electrons. The number of aliphatic imine (C=N–C) groups is 1. The first-order chi connectivity index (χ1) is 9.61. The van der Waals surface area contributed by atoms with E-state index in [1.807, 2.05) is 6.07 Å². The standard InChI is InChI=1S/C14H21ClN4O.HI/c1-14(6-3-7-20-14)10-19-13(16-2)18-9-11-4-5-12(15)17-8-11;/h4-5,8H,3,6-7,9-10H2,1-2H3,(H2,16,18,19);1H. The van der Waals surface area contributed by atoms with Crippen molar-refractivity contribution in [3.05, 3.63) is 29.0 Å². The van der Waals surface area contributed by atoms with Crippen LogP contribution in [0.25, 0.3) is 0 Å². The highest BCUT2D eigenvalue weighted by Crippen LogP contribution is 2.23. The first-order valence-electron chi connectivity index (χ1n) is 6.80. The molecular weight excluding hydrogens is 403 g/mol. The van der Waals surface area contributed by atoms with Gasteiger partial charge < -0.3 is 15.4 Å². The number of nitrogens with one attached hydrogen (secondary N) is 2. The van der Waals surface area contributed by atoms with Crippen molar-refractivity contribution in [3.8, 4) is 0 Å². The highest BCUT2D eigenvalue weighted by Gasteiger charge is 2.29. The predicted molar refractivity (Wildman–Crippen MR) is 96.5 cm³/mol. The van der Waals surface area contributed by atoms with E-state index in [-0.39, 0.29) is 29.6 Å². The van der Waals surface area contributed by atoms with Crippen molar-refractivity contribution in [2.24, 2.45) is 4.99 Å². The normalized spacial score (nSPS) is 21.8. The number of ether oxygens (including phenoxy) is 1. The molecule has 1 aromatic heterocycles. The molecule has 0 amide bonds. The molecule has 1 atom stereocenters. The van der Waals surface area contributed by atoms with E-state index in [0.29, 0.717) is 11.7 Å². The van der Waals surface area contributed by atoms with Crippen molar-refractivity contribution in [2.75, 3.05) is 20.2 Å². The van der Waals surface area contributed by atoms with E-state index >= 15 is 0 Å². The lowest BCUT2D eigenvalue weighted by Crippen LogP contribution is -2.45. The van der Waals surface area contributed by atoms with Gasteiger partial charge in [-0.2, -0.15) is 0 Å². The Morgan fingerprint density at radius 3 is 2.86 bits per heavy atom. The fraction of sp³-hybridized carbons (Fsp3) is 0.571. The van der Waals surface area contributed by atoms with Crippen molar-refractivity contribution in [2.45, 2.75) is 31.9 Å². The van der Waals surface area contributed by atoms with Gasteiger partial charge in [-0.3, -0.25) is 4.99 Å². The minimum Gasteiger partial charge on any atom is -0.373 e. The third-order valence-electron chi connectivity index (χ3n) is 3.40. The minimum atomic E-state index is -0.0839. The van der Waals surface area contributed by atoms with Gasteiger partial charge in [0.1, 0.15) is 5.15 Å². The van der Waals surface area contributed by atoms with E-state index < -0.39 is 0 Å². The van der Waals surface area contributed by atoms with Gasteiger partial charge >= 0.3 is 0 Å². The second-order valence-corrected chi connectivity index (χ2v) is 5.56. The summed E-state index contributed by atoms with van der Waals surface area (Å²) in [5, 5.41) is 7.05. The van der Waals surface area contributed by atoms with E-state index in [9.17, 15) is 0 Å². The van der Waals surface area contributed by atoms with E-state index in [1.54, 1.807) is 19.3 Å². The number of hydrogen-bond acceptors (Lipinski definition) is 3. The van der Waals surface area contributed by atoms with Crippen LogP contribution in [0.4, 0.5) is 0 Å². The number of halogens is 2. The van der Waals surface area contributed by atoms with Crippen molar-refractivity contribution < 1.29 is 4.74 Å². The fourth-order valence-electron chi connectivity index (χ4n) is 2.16. The lowest BCUT2D eigenvalue weighted by atomic mass is 10.0. The summed E-state index contributed by atoms with van der Waals surface area (Å²) >= 11 is 5.76. The summed E-state index contributed by atoms with van der Waals surface area (Å²) in [4.78, 5) is 8.25. The maximum absolute atomic E-state index is 5.76. The number of pyridine rings is 1. The van der Waals surface area contributed by atoms with Gasteiger partial charge in [0.05, 0.1) is 5.60 Å². The fourth-order valence-corrected chi connectivity index (χ4v) is 2.28. The van der Waals surface area contributed by atoms with Gasteiger partial charge in [-0.15, -0.1) is 24.0 Å². The second-order valence-electron chi connectivity index (χ2n) is 5.17. The maximum atomic E-state index is 5.76. The van der Waals surface area contributed by atoms with E-state index in [1.165, 1.54) is 0 Å². The largest absolute Gasteiger partial charge is 0.373 e. The number of guanidine groups is 1. The summed E-state index contributed by atoms with van der Waals surface area (Å²) < 4.78 is 5.74. The van der Waals surface area contributed by atoms with Gasteiger partial charge in [0.25, 0.3) is 0 Å². The molecule has 0 saturated carbocycles. The van der Waals surface area contributed by atoms with Crippen LogP contribution in [0, 0.1) is 0 Å². The molecule has 0 spiro atoms. The molecule has 7 heteroatoms. The Bertz CT molecular complexity index is 461. The van der Waals surface area contributed by atoms with E-state index in [0.717, 1.165) is 37.5 Å². The molecule has 21 heavy (non-hydrogen) atoms. The topological polar surface area (TPSA) is 58.5 Å². The summed E-state index contributed by atoms with van der Waals surface area (Å²) in [7, 11) is 1.76. The lowest BCUT2D eigenvalue weighted by Gasteiger charge is -2.24. The molecule has 1 aromatic rings. The van der Waals surface area contributed by atoms with Gasteiger partial charge in [0, 0.05) is 32.9 Å². The van der Waals surface area contributed by atoms with Gasteiger partial charge in [-0.25, -0.2) is 4.98 Å². The molecule has 1 fully saturated rings.